The van der Waals surface area contributed by atoms with E-state index in [1.165, 1.54) is 27.8 Å². The van der Waals surface area contributed by atoms with E-state index in [0.29, 0.717) is 42.7 Å². The molecule has 0 unspecified atom stereocenters. The second-order valence-electron chi connectivity index (χ2n) is 10.1. The molecule has 4 rings (SSSR count). The van der Waals surface area contributed by atoms with Crippen LogP contribution >= 0.6 is 11.3 Å². The second-order valence-corrected chi connectivity index (χ2v) is 13.2. The first-order chi connectivity index (χ1) is 16.7. The topological polar surface area (TPSA) is 73.3 Å². The molecule has 0 aliphatic carbocycles. The van der Waals surface area contributed by atoms with Crippen LogP contribution in [0.5, 0.6) is 0 Å². The second kappa shape index (κ2) is 9.88. The Morgan fingerprint density at radius 1 is 1.14 bits per heavy atom. The minimum Gasteiger partial charge on any atom is -0.376 e. The van der Waals surface area contributed by atoms with Crippen molar-refractivity contribution >= 4 is 27.0 Å². The van der Waals surface area contributed by atoms with Crippen molar-refractivity contribution in [2.75, 3.05) is 50.8 Å². The van der Waals surface area contributed by atoms with Gasteiger partial charge in [0.25, 0.3) is 10.0 Å². The summed E-state index contributed by atoms with van der Waals surface area (Å²) in [5.74, 6) is 0. The van der Waals surface area contributed by atoms with E-state index >= 15 is 0 Å². The Morgan fingerprint density at radius 3 is 2.42 bits per heavy atom. The molecule has 1 N–H and O–H groups in total. The van der Waals surface area contributed by atoms with Gasteiger partial charge in [0.1, 0.15) is 4.21 Å². The Balaban J connectivity index is 1.60. The lowest BCUT2D eigenvalue weighted by atomic mass is 9.95. The summed E-state index contributed by atoms with van der Waals surface area (Å²) in [7, 11) is -3.64. The number of hydrogen-bond acceptors (Lipinski definition) is 7. The minimum atomic E-state index is -4.80. The van der Waals surface area contributed by atoms with Crippen molar-refractivity contribution in [2.45, 2.75) is 48.4 Å². The van der Waals surface area contributed by atoms with Gasteiger partial charge in [-0.2, -0.15) is 17.5 Å². The number of anilines is 1. The third-order valence-electron chi connectivity index (χ3n) is 6.82. The minimum absolute atomic E-state index is 0.226. The third kappa shape index (κ3) is 5.58. The highest BCUT2D eigenvalue weighted by Gasteiger charge is 2.51. The molecule has 2 fully saturated rings. The van der Waals surface area contributed by atoms with Gasteiger partial charge in [0.15, 0.2) is 5.60 Å². The normalized spacial score (nSPS) is 24.0. The van der Waals surface area contributed by atoms with E-state index in [4.69, 9.17) is 4.74 Å². The maximum atomic E-state index is 13.3. The summed E-state index contributed by atoms with van der Waals surface area (Å²) in [5.41, 5.74) is -2.85. The summed E-state index contributed by atoms with van der Waals surface area (Å²) in [5, 5.41) is 11.8. The predicted octanol–water partition coefficient (Wildman–Crippen LogP) is 3.51. The molecule has 0 spiro atoms. The lowest BCUT2D eigenvalue weighted by Crippen LogP contribution is -2.60. The van der Waals surface area contributed by atoms with E-state index in [2.05, 4.69) is 9.80 Å². The van der Waals surface area contributed by atoms with Crippen molar-refractivity contribution in [3.05, 3.63) is 47.3 Å². The number of sulfonamides is 1. The average molecular weight is 548 g/mol. The van der Waals surface area contributed by atoms with Crippen LogP contribution in [-0.4, -0.2) is 86.4 Å². The molecule has 0 bridgehead atoms. The Hall–Kier alpha value is -1.70. The molecule has 2 atom stereocenters. The van der Waals surface area contributed by atoms with Gasteiger partial charge < -0.3 is 14.7 Å². The molecule has 7 nitrogen and oxygen atoms in total. The maximum Gasteiger partial charge on any atom is 0.421 e. The number of hydrogen-bond donors (Lipinski definition) is 1. The van der Waals surface area contributed by atoms with Crippen molar-refractivity contribution in [1.82, 2.24) is 9.21 Å². The standard InChI is InChI=1S/C24H32F3N3O4S2/c1-22(2)17-28(12-13-34-22)15-20-16-29(36(32,33)21-5-4-14-35-21)10-11-30(20)19-8-6-18(7-9-19)23(3,31)24(25,26)27/h4-9,14,20,31H,10-13,15-17H2,1-3H3/t20-,23-/m0/s1. The zero-order chi connectivity index (χ0) is 26.4. The number of ether oxygens (including phenoxy) is 1. The van der Waals surface area contributed by atoms with E-state index in [9.17, 15) is 26.7 Å². The van der Waals surface area contributed by atoms with Crippen molar-refractivity contribution < 1.29 is 31.4 Å². The van der Waals surface area contributed by atoms with E-state index < -0.39 is 21.8 Å². The highest BCUT2D eigenvalue weighted by molar-refractivity contribution is 7.91. The third-order valence-corrected chi connectivity index (χ3v) is 10.1. The molecule has 12 heteroatoms. The largest absolute Gasteiger partial charge is 0.421 e. The van der Waals surface area contributed by atoms with Crippen LogP contribution in [0, 0.1) is 0 Å². The molecule has 1 aromatic heterocycles. The highest BCUT2D eigenvalue weighted by atomic mass is 32.2. The van der Waals surface area contributed by atoms with Gasteiger partial charge in [-0.25, -0.2) is 8.42 Å². The number of benzene rings is 1. The summed E-state index contributed by atoms with van der Waals surface area (Å²) in [6, 6.07) is 8.77. The van der Waals surface area contributed by atoms with Crippen molar-refractivity contribution in [1.29, 1.82) is 0 Å². The molecule has 3 heterocycles. The molecule has 0 amide bonds. The Labute approximate surface area is 214 Å². The number of rotatable bonds is 6. The number of nitrogens with zero attached hydrogens (tertiary/aromatic N) is 3. The number of aliphatic hydroxyl groups is 1. The van der Waals surface area contributed by atoms with Crippen molar-refractivity contribution in [3.63, 3.8) is 0 Å². The van der Waals surface area contributed by atoms with Gasteiger partial charge in [0.05, 0.1) is 18.2 Å². The van der Waals surface area contributed by atoms with Crippen LogP contribution in [0.25, 0.3) is 0 Å². The Bertz CT molecular complexity index is 1140. The van der Waals surface area contributed by atoms with E-state index in [0.717, 1.165) is 6.92 Å². The highest BCUT2D eigenvalue weighted by Crippen LogP contribution is 2.39. The van der Waals surface area contributed by atoms with Crippen LogP contribution in [0.2, 0.25) is 0 Å². The fourth-order valence-electron chi connectivity index (χ4n) is 4.79. The van der Waals surface area contributed by atoms with E-state index in [-0.39, 0.29) is 30.3 Å². The average Bonchev–Trinajstić information content (AvgIpc) is 3.34. The summed E-state index contributed by atoms with van der Waals surface area (Å²) >= 11 is 1.18. The fourth-order valence-corrected chi connectivity index (χ4v) is 7.40. The summed E-state index contributed by atoms with van der Waals surface area (Å²) < 4.78 is 73.9. The summed E-state index contributed by atoms with van der Waals surface area (Å²) in [6.07, 6.45) is -4.80. The molecular formula is C24H32F3N3O4S2. The quantitative estimate of drug-likeness (QED) is 0.597. The predicted molar refractivity (Wildman–Crippen MR) is 133 cm³/mol. The first-order valence-corrected chi connectivity index (χ1v) is 14.1. The molecule has 0 saturated carbocycles. The van der Waals surface area contributed by atoms with Crippen molar-refractivity contribution in [2.24, 2.45) is 0 Å². The van der Waals surface area contributed by atoms with Crippen LogP contribution in [0.3, 0.4) is 0 Å². The fraction of sp³-hybridized carbons (Fsp3) is 0.583. The van der Waals surface area contributed by atoms with Crippen LogP contribution in [0.4, 0.5) is 18.9 Å². The lowest BCUT2D eigenvalue weighted by molar-refractivity contribution is -0.258. The molecular weight excluding hydrogens is 515 g/mol. The molecule has 36 heavy (non-hydrogen) atoms. The first kappa shape index (κ1) is 27.3. The molecule has 2 aliphatic rings. The number of halogens is 3. The summed E-state index contributed by atoms with van der Waals surface area (Å²) in [6.45, 7) is 8.18. The molecule has 200 valence electrons. The molecule has 0 radical (unpaired) electrons. The smallest absolute Gasteiger partial charge is 0.376 e. The molecule has 2 aliphatic heterocycles. The Morgan fingerprint density at radius 2 is 1.83 bits per heavy atom. The number of alkyl halides is 3. The number of morpholine rings is 1. The van der Waals surface area contributed by atoms with Gasteiger partial charge >= 0.3 is 6.18 Å². The molecule has 2 saturated heterocycles. The van der Waals surface area contributed by atoms with Crippen LogP contribution in [0.1, 0.15) is 26.3 Å². The number of thiophene rings is 1. The Kier molecular flexibility index (Phi) is 7.50. The van der Waals surface area contributed by atoms with Gasteiger partial charge in [-0.15, -0.1) is 11.3 Å². The molecule has 2 aromatic rings. The van der Waals surface area contributed by atoms with Gasteiger partial charge in [-0.3, -0.25) is 4.90 Å². The van der Waals surface area contributed by atoms with Gasteiger partial charge in [-0.1, -0.05) is 18.2 Å². The SMILES string of the molecule is CC1(C)CN(C[C@H]2CN(S(=O)(=O)c3cccs3)CCN2c2ccc([C@](C)(O)C(F)(F)F)cc2)CCO1. The van der Waals surface area contributed by atoms with Crippen molar-refractivity contribution in [3.8, 4) is 0 Å². The molecule has 1 aromatic carbocycles. The zero-order valence-electron chi connectivity index (χ0n) is 20.5. The monoisotopic (exact) mass is 547 g/mol. The van der Waals surface area contributed by atoms with Gasteiger partial charge in [0, 0.05) is 45.0 Å². The van der Waals surface area contributed by atoms with Gasteiger partial charge in [-0.05, 0) is 49.9 Å². The van der Waals surface area contributed by atoms with Gasteiger partial charge in [0.2, 0.25) is 0 Å². The summed E-state index contributed by atoms with van der Waals surface area (Å²) in [4.78, 5) is 4.29. The van der Waals surface area contributed by atoms with Crippen LogP contribution in [-0.2, 0) is 20.4 Å². The zero-order valence-corrected chi connectivity index (χ0v) is 22.2. The van der Waals surface area contributed by atoms with E-state index in [1.54, 1.807) is 29.6 Å². The lowest BCUT2D eigenvalue weighted by Gasteiger charge is -2.46. The maximum absolute atomic E-state index is 13.3. The number of piperazine rings is 1. The van der Waals surface area contributed by atoms with Crippen LogP contribution < -0.4 is 4.90 Å². The first-order valence-electron chi connectivity index (χ1n) is 11.8. The van der Waals surface area contributed by atoms with Crippen LogP contribution in [0.15, 0.2) is 46.0 Å². The van der Waals surface area contributed by atoms with E-state index in [1.807, 2.05) is 13.8 Å².